The Balaban J connectivity index is 1.72. The van der Waals surface area contributed by atoms with Crippen LogP contribution < -0.4 is 5.32 Å². The standard InChI is InChI=1S/C18H36N2/c1-18(2,3)16-7-5-6-8-17(16)19-12-9-15-10-13-20(4)14-11-15/h15-17,19H,5-14H2,1-4H3. The van der Waals surface area contributed by atoms with Crippen LogP contribution in [0.5, 0.6) is 0 Å². The predicted octanol–water partition coefficient (Wildman–Crippen LogP) is 3.91. The van der Waals surface area contributed by atoms with Crippen LogP contribution in [-0.2, 0) is 0 Å². The van der Waals surface area contributed by atoms with Gasteiger partial charge in [0, 0.05) is 6.04 Å². The van der Waals surface area contributed by atoms with Crippen molar-refractivity contribution >= 4 is 0 Å². The molecule has 0 aromatic heterocycles. The minimum Gasteiger partial charge on any atom is -0.314 e. The summed E-state index contributed by atoms with van der Waals surface area (Å²) < 4.78 is 0. The molecule has 2 rings (SSSR count). The molecule has 0 aromatic carbocycles. The molecule has 0 aromatic rings. The third-order valence-corrected chi connectivity index (χ3v) is 5.68. The Labute approximate surface area is 126 Å². The summed E-state index contributed by atoms with van der Waals surface area (Å²) in [6.45, 7) is 11.1. The minimum absolute atomic E-state index is 0.464. The van der Waals surface area contributed by atoms with E-state index in [1.54, 1.807) is 0 Å². The molecule has 1 saturated carbocycles. The maximum atomic E-state index is 3.92. The number of hydrogen-bond acceptors (Lipinski definition) is 2. The molecule has 0 amide bonds. The van der Waals surface area contributed by atoms with Gasteiger partial charge >= 0.3 is 0 Å². The first-order valence-corrected chi connectivity index (χ1v) is 8.89. The van der Waals surface area contributed by atoms with Crippen LogP contribution in [0.2, 0.25) is 0 Å². The van der Waals surface area contributed by atoms with Gasteiger partial charge in [0.05, 0.1) is 0 Å². The van der Waals surface area contributed by atoms with Crippen molar-refractivity contribution in [1.29, 1.82) is 0 Å². The highest BCUT2D eigenvalue weighted by Gasteiger charge is 2.33. The molecule has 20 heavy (non-hydrogen) atoms. The van der Waals surface area contributed by atoms with Crippen LogP contribution in [0.3, 0.4) is 0 Å². The normalized spacial score (nSPS) is 30.6. The molecule has 2 fully saturated rings. The number of nitrogens with zero attached hydrogens (tertiary/aromatic N) is 1. The number of rotatable bonds is 4. The van der Waals surface area contributed by atoms with Gasteiger partial charge in [-0.25, -0.2) is 0 Å². The Morgan fingerprint density at radius 1 is 1.00 bits per heavy atom. The predicted molar refractivity (Wildman–Crippen MR) is 88.0 cm³/mol. The summed E-state index contributed by atoms with van der Waals surface area (Å²) in [5.41, 5.74) is 0.464. The number of nitrogens with one attached hydrogen (secondary N) is 1. The lowest BCUT2D eigenvalue weighted by molar-refractivity contribution is 0.128. The average molecular weight is 280 g/mol. The molecule has 2 heteroatoms. The van der Waals surface area contributed by atoms with E-state index in [4.69, 9.17) is 0 Å². The summed E-state index contributed by atoms with van der Waals surface area (Å²) in [5.74, 6) is 1.84. The Bertz CT molecular complexity index is 274. The highest BCUT2D eigenvalue weighted by Crippen LogP contribution is 2.38. The molecule has 1 aliphatic carbocycles. The summed E-state index contributed by atoms with van der Waals surface area (Å²) in [7, 11) is 2.25. The Hall–Kier alpha value is -0.0800. The molecule has 2 unspecified atom stereocenters. The van der Waals surface area contributed by atoms with Crippen LogP contribution in [0.4, 0.5) is 0 Å². The van der Waals surface area contributed by atoms with E-state index in [-0.39, 0.29) is 0 Å². The molecule has 2 nitrogen and oxygen atoms in total. The van der Waals surface area contributed by atoms with Crippen molar-refractivity contribution in [2.75, 3.05) is 26.7 Å². The average Bonchev–Trinajstić information content (AvgIpc) is 2.40. The van der Waals surface area contributed by atoms with E-state index in [1.165, 1.54) is 64.6 Å². The van der Waals surface area contributed by atoms with Crippen molar-refractivity contribution in [3.8, 4) is 0 Å². The van der Waals surface area contributed by atoms with Crippen LogP contribution in [-0.4, -0.2) is 37.6 Å². The molecular weight excluding hydrogens is 244 g/mol. The minimum atomic E-state index is 0.464. The molecule has 1 saturated heterocycles. The highest BCUT2D eigenvalue weighted by atomic mass is 15.1. The number of piperidine rings is 1. The van der Waals surface area contributed by atoms with Gasteiger partial charge in [-0.1, -0.05) is 33.6 Å². The zero-order chi connectivity index (χ0) is 14.6. The lowest BCUT2D eigenvalue weighted by Gasteiger charge is -2.41. The van der Waals surface area contributed by atoms with Gasteiger partial charge in [-0.05, 0) is 76.0 Å². The van der Waals surface area contributed by atoms with E-state index in [9.17, 15) is 0 Å². The van der Waals surface area contributed by atoms with E-state index in [2.05, 4.69) is 38.0 Å². The van der Waals surface area contributed by atoms with Crippen molar-refractivity contribution in [2.24, 2.45) is 17.3 Å². The third-order valence-electron chi connectivity index (χ3n) is 5.68. The molecule has 0 bridgehead atoms. The van der Waals surface area contributed by atoms with Gasteiger partial charge in [0.15, 0.2) is 0 Å². The van der Waals surface area contributed by atoms with Crippen molar-refractivity contribution in [1.82, 2.24) is 10.2 Å². The molecule has 2 atom stereocenters. The SMILES string of the molecule is CN1CCC(CCNC2CCCCC2C(C)(C)C)CC1. The van der Waals surface area contributed by atoms with Crippen molar-refractivity contribution in [3.05, 3.63) is 0 Å². The van der Waals surface area contributed by atoms with Crippen molar-refractivity contribution in [2.45, 2.75) is 71.8 Å². The molecule has 2 aliphatic rings. The summed E-state index contributed by atoms with van der Waals surface area (Å²) in [6.07, 6.45) is 9.90. The van der Waals surface area contributed by atoms with Gasteiger partial charge in [-0.2, -0.15) is 0 Å². The lowest BCUT2D eigenvalue weighted by atomic mass is 9.69. The van der Waals surface area contributed by atoms with E-state index >= 15 is 0 Å². The second kappa shape index (κ2) is 7.26. The Morgan fingerprint density at radius 2 is 1.65 bits per heavy atom. The van der Waals surface area contributed by atoms with Gasteiger partial charge in [0.25, 0.3) is 0 Å². The molecule has 1 aliphatic heterocycles. The Kier molecular flexibility index (Phi) is 5.92. The van der Waals surface area contributed by atoms with Gasteiger partial charge in [0.2, 0.25) is 0 Å². The summed E-state index contributed by atoms with van der Waals surface area (Å²) in [5, 5.41) is 3.92. The lowest BCUT2D eigenvalue weighted by Crippen LogP contribution is -2.45. The van der Waals surface area contributed by atoms with Gasteiger partial charge in [-0.15, -0.1) is 0 Å². The van der Waals surface area contributed by atoms with Crippen molar-refractivity contribution in [3.63, 3.8) is 0 Å². The molecule has 118 valence electrons. The van der Waals surface area contributed by atoms with E-state index in [1.807, 2.05) is 0 Å². The molecule has 1 N–H and O–H groups in total. The quantitative estimate of drug-likeness (QED) is 0.840. The van der Waals surface area contributed by atoms with Crippen molar-refractivity contribution < 1.29 is 0 Å². The van der Waals surface area contributed by atoms with Gasteiger partial charge in [-0.3, -0.25) is 0 Å². The maximum Gasteiger partial charge on any atom is 0.0100 e. The summed E-state index contributed by atoms with van der Waals surface area (Å²) in [6, 6.07) is 0.773. The first kappa shape index (κ1) is 16.3. The zero-order valence-electron chi connectivity index (χ0n) is 14.3. The zero-order valence-corrected chi connectivity index (χ0v) is 14.3. The van der Waals surface area contributed by atoms with Gasteiger partial charge < -0.3 is 10.2 Å². The van der Waals surface area contributed by atoms with Crippen LogP contribution >= 0.6 is 0 Å². The molecule has 0 spiro atoms. The first-order chi connectivity index (χ1) is 9.47. The van der Waals surface area contributed by atoms with Crippen LogP contribution in [0, 0.1) is 17.3 Å². The fraction of sp³-hybridized carbons (Fsp3) is 1.00. The number of hydrogen-bond donors (Lipinski definition) is 1. The summed E-state index contributed by atoms with van der Waals surface area (Å²) in [4.78, 5) is 2.47. The molecule has 1 heterocycles. The first-order valence-electron chi connectivity index (χ1n) is 8.89. The van der Waals surface area contributed by atoms with Gasteiger partial charge in [0.1, 0.15) is 0 Å². The van der Waals surface area contributed by atoms with Crippen LogP contribution in [0.1, 0.15) is 65.7 Å². The topological polar surface area (TPSA) is 15.3 Å². The van der Waals surface area contributed by atoms with Crippen LogP contribution in [0.15, 0.2) is 0 Å². The maximum absolute atomic E-state index is 3.92. The monoisotopic (exact) mass is 280 g/mol. The largest absolute Gasteiger partial charge is 0.314 e. The second-order valence-corrected chi connectivity index (χ2v) is 8.35. The van der Waals surface area contributed by atoms with E-state index in [0.29, 0.717) is 5.41 Å². The molecule has 0 radical (unpaired) electrons. The smallest absolute Gasteiger partial charge is 0.0100 e. The van der Waals surface area contributed by atoms with E-state index < -0.39 is 0 Å². The number of likely N-dealkylation sites (tertiary alicyclic amines) is 1. The summed E-state index contributed by atoms with van der Waals surface area (Å²) >= 11 is 0. The highest BCUT2D eigenvalue weighted by molar-refractivity contribution is 4.88. The van der Waals surface area contributed by atoms with E-state index in [0.717, 1.165) is 17.9 Å². The third kappa shape index (κ3) is 4.73. The second-order valence-electron chi connectivity index (χ2n) is 8.35. The fourth-order valence-electron chi connectivity index (χ4n) is 4.24. The fourth-order valence-corrected chi connectivity index (χ4v) is 4.24. The molecular formula is C18H36N2. The Morgan fingerprint density at radius 3 is 2.30 bits per heavy atom. The van der Waals surface area contributed by atoms with Crippen LogP contribution in [0.25, 0.3) is 0 Å².